The van der Waals surface area contributed by atoms with Crippen LogP contribution >= 0.6 is 0 Å². The number of carboxylic acid groups (broad SMARTS) is 1. The monoisotopic (exact) mass is 250 g/mol. The minimum absolute atomic E-state index is 0.119. The van der Waals surface area contributed by atoms with Crippen LogP contribution in [0.4, 0.5) is 5.69 Å². The van der Waals surface area contributed by atoms with E-state index in [-0.39, 0.29) is 5.91 Å². The molecule has 18 heavy (non-hydrogen) atoms. The number of oxime groups is 1. The second-order valence-electron chi connectivity index (χ2n) is 3.54. The van der Waals surface area contributed by atoms with Crippen LogP contribution in [0.1, 0.15) is 12.5 Å². The third kappa shape index (κ3) is 5.64. The summed E-state index contributed by atoms with van der Waals surface area (Å²) in [6, 6.07) is 7.24. The number of nitrogens with one attached hydrogen (secondary N) is 1. The van der Waals surface area contributed by atoms with Gasteiger partial charge in [-0.1, -0.05) is 17.3 Å². The highest BCUT2D eigenvalue weighted by Crippen LogP contribution is 2.09. The molecule has 0 saturated carbocycles. The Labute approximate surface area is 104 Å². The van der Waals surface area contributed by atoms with Gasteiger partial charge in [-0.15, -0.1) is 0 Å². The molecule has 0 radical (unpaired) electrons. The van der Waals surface area contributed by atoms with Crippen LogP contribution in [0.5, 0.6) is 0 Å². The summed E-state index contributed by atoms with van der Waals surface area (Å²) in [4.78, 5) is 25.4. The van der Waals surface area contributed by atoms with Gasteiger partial charge in [-0.3, -0.25) is 4.79 Å². The lowest BCUT2D eigenvalue weighted by Gasteiger charge is -2.02. The van der Waals surface area contributed by atoms with Crippen molar-refractivity contribution in [3.63, 3.8) is 0 Å². The number of hydrogen-bond donors (Lipinski definition) is 2. The maximum absolute atomic E-state index is 10.8. The molecule has 1 aromatic carbocycles. The average Bonchev–Trinajstić information content (AvgIpc) is 2.30. The number of hydrogen-bond acceptors (Lipinski definition) is 4. The number of nitrogens with zero attached hydrogens (tertiary/aromatic N) is 1. The summed E-state index contributed by atoms with van der Waals surface area (Å²) in [5.41, 5.74) is 1.71. The van der Waals surface area contributed by atoms with Crippen molar-refractivity contribution < 1.29 is 19.5 Å². The van der Waals surface area contributed by atoms with E-state index in [2.05, 4.69) is 15.3 Å². The van der Waals surface area contributed by atoms with Crippen LogP contribution < -0.4 is 5.32 Å². The van der Waals surface area contributed by atoms with Gasteiger partial charge in [0.2, 0.25) is 12.5 Å². The summed E-state index contributed by atoms with van der Waals surface area (Å²) in [5.74, 6) is -1.18. The molecule has 0 aliphatic rings. The predicted molar refractivity (Wildman–Crippen MR) is 66.5 cm³/mol. The Bertz CT molecular complexity index is 440. The summed E-state index contributed by atoms with van der Waals surface area (Å²) in [6.07, 6.45) is 2.01. The van der Waals surface area contributed by atoms with Crippen molar-refractivity contribution in [1.29, 1.82) is 0 Å². The van der Waals surface area contributed by atoms with E-state index in [0.29, 0.717) is 6.42 Å². The van der Waals surface area contributed by atoms with Crippen molar-refractivity contribution in [2.45, 2.75) is 13.3 Å². The molecule has 0 unspecified atom stereocenters. The van der Waals surface area contributed by atoms with E-state index in [1.807, 2.05) is 12.1 Å². The Morgan fingerprint density at radius 3 is 2.61 bits per heavy atom. The Morgan fingerprint density at radius 2 is 2.06 bits per heavy atom. The van der Waals surface area contributed by atoms with Crippen LogP contribution in [0, 0.1) is 0 Å². The third-order valence-corrected chi connectivity index (χ3v) is 1.94. The minimum atomic E-state index is -1.06. The molecule has 0 aromatic heterocycles. The highest BCUT2D eigenvalue weighted by Gasteiger charge is 1.96. The molecule has 1 rings (SSSR count). The topological polar surface area (TPSA) is 88.0 Å². The van der Waals surface area contributed by atoms with Crippen LogP contribution in [-0.2, 0) is 20.8 Å². The standard InChI is InChI=1S/C12H14N2O4/c1-9(15)14-11-4-2-10(3-5-11)6-7-13-18-8-12(16)17/h2-5,7H,6,8H2,1H3,(H,14,15)(H,16,17). The van der Waals surface area contributed by atoms with Crippen molar-refractivity contribution in [3.8, 4) is 0 Å². The van der Waals surface area contributed by atoms with Gasteiger partial charge in [0.25, 0.3) is 0 Å². The van der Waals surface area contributed by atoms with Gasteiger partial charge in [-0.25, -0.2) is 4.79 Å². The Hall–Kier alpha value is -2.37. The lowest BCUT2D eigenvalue weighted by Crippen LogP contribution is -2.05. The number of rotatable bonds is 6. The molecule has 0 bridgehead atoms. The van der Waals surface area contributed by atoms with Crippen LogP contribution in [0.3, 0.4) is 0 Å². The number of benzene rings is 1. The predicted octanol–water partition coefficient (Wildman–Crippen LogP) is 1.27. The second kappa shape index (κ2) is 7.05. The van der Waals surface area contributed by atoms with Crippen molar-refractivity contribution >= 4 is 23.8 Å². The Morgan fingerprint density at radius 1 is 1.39 bits per heavy atom. The maximum atomic E-state index is 10.8. The van der Waals surface area contributed by atoms with Crippen LogP contribution in [0.25, 0.3) is 0 Å². The first-order valence-electron chi connectivity index (χ1n) is 5.30. The number of carbonyl (C=O) groups is 2. The quantitative estimate of drug-likeness (QED) is 0.588. The minimum Gasteiger partial charge on any atom is -0.479 e. The van der Waals surface area contributed by atoms with Gasteiger partial charge < -0.3 is 15.3 Å². The first-order chi connectivity index (χ1) is 8.58. The summed E-state index contributed by atoms with van der Waals surface area (Å²) >= 11 is 0. The van der Waals surface area contributed by atoms with Gasteiger partial charge in [0.05, 0.1) is 0 Å². The molecule has 0 heterocycles. The largest absolute Gasteiger partial charge is 0.479 e. The zero-order valence-electron chi connectivity index (χ0n) is 9.92. The van der Waals surface area contributed by atoms with Gasteiger partial charge in [0.1, 0.15) is 0 Å². The Balaban J connectivity index is 2.39. The number of carboxylic acids is 1. The first-order valence-corrected chi connectivity index (χ1v) is 5.30. The molecule has 0 saturated heterocycles. The van der Waals surface area contributed by atoms with E-state index >= 15 is 0 Å². The lowest BCUT2D eigenvalue weighted by atomic mass is 10.1. The number of anilines is 1. The number of carbonyl (C=O) groups excluding carboxylic acids is 1. The molecule has 6 heteroatoms. The van der Waals surface area contributed by atoms with Gasteiger partial charge in [0.15, 0.2) is 0 Å². The summed E-state index contributed by atoms with van der Waals surface area (Å²) in [5, 5.41) is 14.5. The molecule has 0 atom stereocenters. The van der Waals surface area contributed by atoms with Gasteiger partial charge >= 0.3 is 5.97 Å². The highest BCUT2D eigenvalue weighted by molar-refractivity contribution is 5.88. The van der Waals surface area contributed by atoms with Gasteiger partial charge in [0, 0.05) is 25.2 Å². The van der Waals surface area contributed by atoms with Crippen LogP contribution in [-0.4, -0.2) is 29.8 Å². The highest BCUT2D eigenvalue weighted by atomic mass is 16.6. The molecule has 2 N–H and O–H groups in total. The van der Waals surface area contributed by atoms with E-state index in [9.17, 15) is 9.59 Å². The fourth-order valence-corrected chi connectivity index (χ4v) is 1.22. The molecule has 96 valence electrons. The molecular formula is C12H14N2O4. The van der Waals surface area contributed by atoms with Crippen molar-refractivity contribution in [1.82, 2.24) is 0 Å². The SMILES string of the molecule is CC(=O)Nc1ccc(CC=NOCC(=O)O)cc1. The zero-order chi connectivity index (χ0) is 13.4. The summed E-state index contributed by atoms with van der Waals surface area (Å²) < 4.78 is 0. The zero-order valence-corrected chi connectivity index (χ0v) is 9.92. The van der Waals surface area contributed by atoms with Crippen molar-refractivity contribution in [2.24, 2.45) is 5.16 Å². The molecule has 0 fully saturated rings. The molecule has 1 amide bonds. The lowest BCUT2D eigenvalue weighted by molar-refractivity contribution is -0.142. The molecule has 1 aromatic rings. The van der Waals surface area contributed by atoms with Crippen molar-refractivity contribution in [2.75, 3.05) is 11.9 Å². The fourth-order valence-electron chi connectivity index (χ4n) is 1.22. The second-order valence-corrected chi connectivity index (χ2v) is 3.54. The van der Waals surface area contributed by atoms with E-state index in [0.717, 1.165) is 11.3 Å². The summed E-state index contributed by atoms with van der Waals surface area (Å²) in [6.45, 7) is 0.998. The number of amides is 1. The van der Waals surface area contributed by atoms with Crippen LogP contribution in [0.15, 0.2) is 29.4 Å². The molecule has 0 aliphatic carbocycles. The smallest absolute Gasteiger partial charge is 0.344 e. The normalized spacial score (nSPS) is 10.3. The van der Waals surface area contributed by atoms with Crippen molar-refractivity contribution in [3.05, 3.63) is 29.8 Å². The molecule has 0 spiro atoms. The van der Waals surface area contributed by atoms with E-state index < -0.39 is 12.6 Å². The summed E-state index contributed by atoms with van der Waals surface area (Å²) in [7, 11) is 0. The number of aliphatic carboxylic acids is 1. The van der Waals surface area contributed by atoms with E-state index in [1.165, 1.54) is 13.1 Å². The average molecular weight is 250 g/mol. The van der Waals surface area contributed by atoms with E-state index in [4.69, 9.17) is 5.11 Å². The molecule has 6 nitrogen and oxygen atoms in total. The van der Waals surface area contributed by atoms with Gasteiger partial charge in [-0.05, 0) is 17.7 Å². The third-order valence-electron chi connectivity index (χ3n) is 1.94. The fraction of sp³-hybridized carbons (Fsp3) is 0.250. The maximum Gasteiger partial charge on any atom is 0.344 e. The van der Waals surface area contributed by atoms with E-state index in [1.54, 1.807) is 12.1 Å². The molecule has 0 aliphatic heterocycles. The Kier molecular flexibility index (Phi) is 5.37. The van der Waals surface area contributed by atoms with Crippen LogP contribution in [0.2, 0.25) is 0 Å². The van der Waals surface area contributed by atoms with Gasteiger partial charge in [-0.2, -0.15) is 0 Å². The molecular weight excluding hydrogens is 236 g/mol. The first kappa shape index (κ1) is 13.7.